The molecule has 0 spiro atoms. The topological polar surface area (TPSA) is 21.3 Å². The van der Waals surface area contributed by atoms with Crippen LogP contribution in [0.25, 0.3) is 0 Å². The van der Waals surface area contributed by atoms with Crippen molar-refractivity contribution in [2.24, 2.45) is 5.41 Å². The molecule has 3 heteroatoms. The molecule has 18 heavy (non-hydrogen) atoms. The molecule has 0 saturated carbocycles. The molecule has 0 fully saturated rings. The van der Waals surface area contributed by atoms with Gasteiger partial charge in [-0.3, -0.25) is 0 Å². The Bertz CT molecular complexity index is 437. The normalized spacial score (nSPS) is 16.3. The average Bonchev–Trinajstić information content (AvgIpc) is 2.71. The maximum Gasteiger partial charge on any atom is 0.127 e. The highest BCUT2D eigenvalue weighted by Crippen LogP contribution is 2.33. The third-order valence-electron chi connectivity index (χ3n) is 3.72. The van der Waals surface area contributed by atoms with Gasteiger partial charge in [-0.25, -0.2) is 0 Å². The van der Waals surface area contributed by atoms with E-state index in [9.17, 15) is 0 Å². The summed E-state index contributed by atoms with van der Waals surface area (Å²) in [5, 5.41) is 3.59. The van der Waals surface area contributed by atoms with Crippen LogP contribution in [0.3, 0.4) is 0 Å². The maximum atomic E-state index is 5.74. The SMILES string of the molecule is CC(NCc1cc(Br)cc2c1OCC2)C(C)(C)C. The minimum absolute atomic E-state index is 0.274. The summed E-state index contributed by atoms with van der Waals surface area (Å²) in [5.74, 6) is 1.09. The lowest BCUT2D eigenvalue weighted by Crippen LogP contribution is -2.37. The molecule has 1 unspecified atom stereocenters. The molecule has 1 heterocycles. The van der Waals surface area contributed by atoms with Gasteiger partial charge in [-0.1, -0.05) is 36.7 Å². The third kappa shape index (κ3) is 3.07. The lowest BCUT2D eigenvalue weighted by atomic mass is 9.88. The number of hydrogen-bond acceptors (Lipinski definition) is 2. The molecule has 1 N–H and O–H groups in total. The van der Waals surface area contributed by atoms with Crippen molar-refractivity contribution < 1.29 is 4.74 Å². The molecule has 1 aliphatic heterocycles. The Balaban J connectivity index is 2.11. The van der Waals surface area contributed by atoms with Gasteiger partial charge in [0.05, 0.1) is 6.61 Å². The van der Waals surface area contributed by atoms with Gasteiger partial charge in [0.15, 0.2) is 0 Å². The van der Waals surface area contributed by atoms with E-state index in [1.54, 1.807) is 0 Å². The first-order chi connectivity index (χ1) is 8.38. The van der Waals surface area contributed by atoms with Gasteiger partial charge in [0.2, 0.25) is 0 Å². The molecular weight excluding hydrogens is 290 g/mol. The second-order valence-corrected chi connectivity index (χ2v) is 7.04. The fourth-order valence-electron chi connectivity index (χ4n) is 2.05. The summed E-state index contributed by atoms with van der Waals surface area (Å²) in [4.78, 5) is 0. The smallest absolute Gasteiger partial charge is 0.127 e. The van der Waals surface area contributed by atoms with Crippen LogP contribution in [0, 0.1) is 5.41 Å². The minimum atomic E-state index is 0.274. The largest absolute Gasteiger partial charge is 0.493 e. The summed E-state index contributed by atoms with van der Waals surface area (Å²) in [6.07, 6.45) is 1.02. The molecule has 0 bridgehead atoms. The summed E-state index contributed by atoms with van der Waals surface area (Å²) in [5.41, 5.74) is 2.85. The molecule has 1 aliphatic rings. The Morgan fingerprint density at radius 2 is 2.11 bits per heavy atom. The van der Waals surface area contributed by atoms with Crippen LogP contribution in [0.2, 0.25) is 0 Å². The molecule has 0 saturated heterocycles. The molecule has 2 nitrogen and oxygen atoms in total. The van der Waals surface area contributed by atoms with Gasteiger partial charge in [-0.05, 0) is 30.0 Å². The van der Waals surface area contributed by atoms with Crippen molar-refractivity contribution in [3.05, 3.63) is 27.7 Å². The number of fused-ring (bicyclic) bond motifs is 1. The van der Waals surface area contributed by atoms with Crippen molar-refractivity contribution in [1.82, 2.24) is 5.32 Å². The number of benzene rings is 1. The van der Waals surface area contributed by atoms with Crippen LogP contribution < -0.4 is 10.1 Å². The number of hydrogen-bond donors (Lipinski definition) is 1. The molecule has 0 amide bonds. The predicted octanol–water partition coefficient (Wildman–Crippen LogP) is 3.91. The van der Waals surface area contributed by atoms with Gasteiger partial charge < -0.3 is 10.1 Å². The third-order valence-corrected chi connectivity index (χ3v) is 4.18. The van der Waals surface area contributed by atoms with E-state index >= 15 is 0 Å². The summed E-state index contributed by atoms with van der Waals surface area (Å²) in [6, 6.07) is 4.79. The first kappa shape index (κ1) is 13.9. The van der Waals surface area contributed by atoms with Crippen molar-refractivity contribution >= 4 is 15.9 Å². The van der Waals surface area contributed by atoms with Crippen molar-refractivity contribution in [3.63, 3.8) is 0 Å². The number of rotatable bonds is 3. The Hall–Kier alpha value is -0.540. The zero-order valence-electron chi connectivity index (χ0n) is 11.6. The van der Waals surface area contributed by atoms with Gasteiger partial charge in [0.1, 0.15) is 5.75 Å². The summed E-state index contributed by atoms with van der Waals surface area (Å²) in [7, 11) is 0. The fourth-order valence-corrected chi connectivity index (χ4v) is 2.60. The molecule has 0 aliphatic carbocycles. The monoisotopic (exact) mass is 311 g/mol. The van der Waals surface area contributed by atoms with E-state index < -0.39 is 0 Å². The molecule has 100 valence electrons. The predicted molar refractivity (Wildman–Crippen MR) is 79.1 cm³/mol. The maximum absolute atomic E-state index is 5.74. The van der Waals surface area contributed by atoms with E-state index in [1.807, 2.05) is 0 Å². The Morgan fingerprint density at radius 1 is 1.39 bits per heavy atom. The molecular formula is C15H22BrNO. The molecule has 0 radical (unpaired) electrons. The number of nitrogens with one attached hydrogen (secondary N) is 1. The number of halogens is 1. The summed E-state index contributed by atoms with van der Waals surface area (Å²) >= 11 is 3.58. The lowest BCUT2D eigenvalue weighted by molar-refractivity contribution is 0.283. The Morgan fingerprint density at radius 3 is 2.78 bits per heavy atom. The highest BCUT2D eigenvalue weighted by molar-refractivity contribution is 9.10. The van der Waals surface area contributed by atoms with Crippen LogP contribution in [0.5, 0.6) is 5.75 Å². The van der Waals surface area contributed by atoms with E-state index in [2.05, 4.69) is 61.1 Å². The second kappa shape index (κ2) is 5.22. The van der Waals surface area contributed by atoms with Gasteiger partial charge in [-0.15, -0.1) is 0 Å². The summed E-state index contributed by atoms with van der Waals surface area (Å²) < 4.78 is 6.89. The Kier molecular flexibility index (Phi) is 4.02. The molecule has 1 aromatic rings. The first-order valence-electron chi connectivity index (χ1n) is 6.55. The average molecular weight is 312 g/mol. The molecule has 1 aromatic carbocycles. The zero-order chi connectivity index (χ0) is 13.3. The standard InChI is InChI=1S/C15H22BrNO/c1-10(15(2,3)4)17-9-12-8-13(16)7-11-5-6-18-14(11)12/h7-8,10,17H,5-6,9H2,1-4H3. The summed E-state index contributed by atoms with van der Waals surface area (Å²) in [6.45, 7) is 10.7. The van der Waals surface area contributed by atoms with Gasteiger partial charge in [0.25, 0.3) is 0 Å². The van der Waals surface area contributed by atoms with Crippen molar-refractivity contribution in [2.45, 2.75) is 46.7 Å². The van der Waals surface area contributed by atoms with Crippen LogP contribution >= 0.6 is 15.9 Å². The number of ether oxygens (including phenoxy) is 1. The highest BCUT2D eigenvalue weighted by Gasteiger charge is 2.21. The minimum Gasteiger partial charge on any atom is -0.493 e. The van der Waals surface area contributed by atoms with E-state index in [-0.39, 0.29) is 5.41 Å². The fraction of sp³-hybridized carbons (Fsp3) is 0.600. The lowest BCUT2D eigenvalue weighted by Gasteiger charge is -2.28. The molecule has 1 atom stereocenters. The van der Waals surface area contributed by atoms with Gasteiger partial charge in [-0.2, -0.15) is 0 Å². The van der Waals surface area contributed by atoms with Gasteiger partial charge >= 0.3 is 0 Å². The van der Waals surface area contributed by atoms with E-state index in [0.717, 1.165) is 29.8 Å². The van der Waals surface area contributed by atoms with Crippen LogP contribution in [-0.2, 0) is 13.0 Å². The van der Waals surface area contributed by atoms with Crippen LogP contribution in [0.15, 0.2) is 16.6 Å². The highest BCUT2D eigenvalue weighted by atomic mass is 79.9. The van der Waals surface area contributed by atoms with Crippen molar-refractivity contribution in [2.75, 3.05) is 6.61 Å². The zero-order valence-corrected chi connectivity index (χ0v) is 13.2. The van der Waals surface area contributed by atoms with Crippen molar-refractivity contribution in [3.8, 4) is 5.75 Å². The van der Waals surface area contributed by atoms with E-state index in [0.29, 0.717) is 6.04 Å². The van der Waals surface area contributed by atoms with Crippen LogP contribution in [0.1, 0.15) is 38.8 Å². The molecule has 2 rings (SSSR count). The quantitative estimate of drug-likeness (QED) is 0.914. The first-order valence-corrected chi connectivity index (χ1v) is 7.34. The Labute approximate surface area is 118 Å². The van der Waals surface area contributed by atoms with Crippen LogP contribution in [-0.4, -0.2) is 12.6 Å². The van der Waals surface area contributed by atoms with Gasteiger partial charge in [0, 0.05) is 29.0 Å². The second-order valence-electron chi connectivity index (χ2n) is 6.12. The van der Waals surface area contributed by atoms with E-state index in [4.69, 9.17) is 4.74 Å². The van der Waals surface area contributed by atoms with E-state index in [1.165, 1.54) is 11.1 Å². The van der Waals surface area contributed by atoms with Crippen LogP contribution in [0.4, 0.5) is 0 Å². The van der Waals surface area contributed by atoms with Crippen molar-refractivity contribution in [1.29, 1.82) is 0 Å². The molecule has 0 aromatic heterocycles.